The number of hydrogen-bond donors (Lipinski definition) is 1. The van der Waals surface area contributed by atoms with Crippen molar-refractivity contribution in [3.63, 3.8) is 0 Å². The molecule has 0 radical (unpaired) electrons. The lowest BCUT2D eigenvalue weighted by molar-refractivity contribution is -0.120. The number of hydrogen-bond acceptors (Lipinski definition) is 10. The minimum Gasteiger partial charge on any atom is -0.497 e. The van der Waals surface area contributed by atoms with E-state index in [-0.39, 0.29) is 16.8 Å². The highest BCUT2D eigenvalue weighted by atomic mass is 35.5. The highest BCUT2D eigenvalue weighted by molar-refractivity contribution is 6.33. The van der Waals surface area contributed by atoms with E-state index in [1.54, 1.807) is 66.9 Å². The van der Waals surface area contributed by atoms with Crippen LogP contribution in [0.15, 0.2) is 48.9 Å². The summed E-state index contributed by atoms with van der Waals surface area (Å²) in [7, 11) is 1.55. The maximum Gasteiger partial charge on any atom is 0.435 e. The van der Waals surface area contributed by atoms with Crippen molar-refractivity contribution in [2.75, 3.05) is 17.3 Å². The lowest BCUT2D eigenvalue weighted by Gasteiger charge is -2.24. The number of carbonyl (C=O) groups excluding carboxylic acids is 3. The number of rotatable bonds is 4. The third-order valence-corrected chi connectivity index (χ3v) is 7.90. The second-order valence-corrected chi connectivity index (χ2v) is 13.5. The standard InChI is InChI=1S/C32H33ClN6O6/c1-30(2,3)44-28(41)38-23-11-9-18(43-7)13-20(23)32(27(38)40)14-21(32)17-8-10-19-24(12-17)39(29(42)45-31(4,5)6)37-25(19)36-26-22(33)15-34-16-35-26/h8-13,15-16,21H,14H2,1-7H3,(H,34,35,36,37)/t21-,32-/m0/s1. The molecule has 2 aliphatic rings. The van der Waals surface area contributed by atoms with Crippen LogP contribution in [0.2, 0.25) is 5.02 Å². The van der Waals surface area contributed by atoms with E-state index in [2.05, 4.69) is 20.4 Å². The molecule has 4 aromatic rings. The molecule has 2 amide bonds. The molecule has 234 valence electrons. The number of aromatic nitrogens is 4. The van der Waals surface area contributed by atoms with Crippen molar-refractivity contribution in [2.24, 2.45) is 0 Å². The highest BCUT2D eigenvalue weighted by Crippen LogP contribution is 2.67. The number of fused-ring (bicyclic) bond motifs is 3. The number of ether oxygens (including phenoxy) is 3. The normalized spacial score (nSPS) is 19.1. The van der Waals surface area contributed by atoms with E-state index >= 15 is 0 Å². The van der Waals surface area contributed by atoms with Gasteiger partial charge in [0.15, 0.2) is 11.6 Å². The number of nitrogens with zero attached hydrogens (tertiary/aromatic N) is 5. The number of benzene rings is 2. The Balaban J connectivity index is 1.43. The maximum atomic E-state index is 14.1. The summed E-state index contributed by atoms with van der Waals surface area (Å²) in [6, 6.07) is 10.7. The predicted molar refractivity (Wildman–Crippen MR) is 167 cm³/mol. The second kappa shape index (κ2) is 10.4. The van der Waals surface area contributed by atoms with E-state index in [4.69, 9.17) is 25.8 Å². The van der Waals surface area contributed by atoms with E-state index < -0.39 is 28.8 Å². The molecule has 2 aromatic heterocycles. The number of amides is 2. The first kappa shape index (κ1) is 30.3. The monoisotopic (exact) mass is 632 g/mol. The molecule has 2 atom stereocenters. The third-order valence-electron chi connectivity index (χ3n) is 7.63. The van der Waals surface area contributed by atoms with Crippen molar-refractivity contribution >= 4 is 57.9 Å². The Morgan fingerprint density at radius 2 is 1.71 bits per heavy atom. The first-order valence-electron chi connectivity index (χ1n) is 14.4. The molecule has 0 unspecified atom stereocenters. The number of methoxy groups -OCH3 is 1. The molecule has 0 bridgehead atoms. The van der Waals surface area contributed by atoms with Gasteiger partial charge in [0.2, 0.25) is 5.91 Å². The molecular formula is C32H33ClN6O6. The summed E-state index contributed by atoms with van der Waals surface area (Å²) >= 11 is 6.28. The van der Waals surface area contributed by atoms with Gasteiger partial charge < -0.3 is 19.5 Å². The molecule has 0 saturated heterocycles. The Morgan fingerprint density at radius 1 is 1.00 bits per heavy atom. The van der Waals surface area contributed by atoms with Gasteiger partial charge in [0.05, 0.1) is 29.9 Å². The van der Waals surface area contributed by atoms with Crippen LogP contribution >= 0.6 is 11.6 Å². The smallest absolute Gasteiger partial charge is 0.435 e. The first-order valence-corrected chi connectivity index (χ1v) is 14.8. The molecule has 1 spiro atoms. The zero-order valence-electron chi connectivity index (χ0n) is 26.0. The molecule has 1 saturated carbocycles. The number of carbonyl (C=O) groups is 3. The van der Waals surface area contributed by atoms with Crippen molar-refractivity contribution in [1.29, 1.82) is 0 Å². The van der Waals surface area contributed by atoms with Gasteiger partial charge in [-0.2, -0.15) is 4.68 Å². The largest absolute Gasteiger partial charge is 0.497 e. The van der Waals surface area contributed by atoms with Crippen molar-refractivity contribution in [3.05, 3.63) is 65.1 Å². The van der Waals surface area contributed by atoms with Gasteiger partial charge in [-0.25, -0.2) is 24.5 Å². The van der Waals surface area contributed by atoms with Gasteiger partial charge in [-0.3, -0.25) is 4.79 Å². The van der Waals surface area contributed by atoms with Crippen molar-refractivity contribution in [3.8, 4) is 5.75 Å². The Bertz CT molecular complexity index is 1880. The minimum absolute atomic E-state index is 0.275. The van der Waals surface area contributed by atoms with Crippen LogP contribution in [-0.2, 0) is 19.7 Å². The molecule has 13 heteroatoms. The van der Waals surface area contributed by atoms with Gasteiger partial charge >= 0.3 is 12.2 Å². The molecule has 3 heterocycles. The van der Waals surface area contributed by atoms with Gasteiger partial charge in [-0.05, 0) is 89.4 Å². The summed E-state index contributed by atoms with van der Waals surface area (Å²) in [4.78, 5) is 50.0. The van der Waals surface area contributed by atoms with Crippen LogP contribution in [0.1, 0.15) is 65.0 Å². The zero-order chi connectivity index (χ0) is 32.5. The van der Waals surface area contributed by atoms with Crippen molar-refractivity contribution in [2.45, 2.75) is 70.5 Å². The quantitative estimate of drug-likeness (QED) is 0.258. The molecule has 1 N–H and O–H groups in total. The fourth-order valence-corrected chi connectivity index (χ4v) is 5.86. The summed E-state index contributed by atoms with van der Waals surface area (Å²) in [5.41, 5.74) is -0.198. The highest BCUT2D eigenvalue weighted by Gasteiger charge is 2.68. The van der Waals surface area contributed by atoms with Crippen LogP contribution in [0.25, 0.3) is 10.9 Å². The topological polar surface area (TPSA) is 138 Å². The number of halogens is 1. The summed E-state index contributed by atoms with van der Waals surface area (Å²) in [5, 5.41) is 8.48. The van der Waals surface area contributed by atoms with Crippen molar-refractivity contribution < 1.29 is 28.6 Å². The Morgan fingerprint density at radius 3 is 2.38 bits per heavy atom. The minimum atomic E-state index is -1.01. The van der Waals surface area contributed by atoms with Gasteiger partial charge in [0.1, 0.15) is 28.3 Å². The predicted octanol–water partition coefficient (Wildman–Crippen LogP) is 6.72. The number of imide groups is 1. The Kier molecular flexibility index (Phi) is 7.03. The molecule has 45 heavy (non-hydrogen) atoms. The van der Waals surface area contributed by atoms with Gasteiger partial charge in [-0.15, -0.1) is 5.10 Å². The fourth-order valence-electron chi connectivity index (χ4n) is 5.71. The first-order chi connectivity index (χ1) is 21.1. The zero-order valence-corrected chi connectivity index (χ0v) is 26.7. The molecule has 6 rings (SSSR count). The van der Waals surface area contributed by atoms with Crippen LogP contribution in [0.4, 0.5) is 26.9 Å². The van der Waals surface area contributed by atoms with E-state index in [0.717, 1.165) is 10.5 Å². The SMILES string of the molecule is COc1ccc2c(c1)[C@]1(C[C@H]1c1ccc3c(Nc4ncncc4Cl)nn(C(=O)OC(C)(C)C)c3c1)C(=O)N2C(=O)OC(C)(C)C. The fraction of sp³-hybridized carbons (Fsp3) is 0.375. The van der Waals surface area contributed by atoms with E-state index in [0.29, 0.717) is 46.0 Å². The summed E-state index contributed by atoms with van der Waals surface area (Å²) in [6.07, 6.45) is 1.82. The van der Waals surface area contributed by atoms with E-state index in [1.807, 2.05) is 18.2 Å². The lowest BCUT2D eigenvalue weighted by Crippen LogP contribution is -2.41. The Labute approximate surface area is 264 Å². The summed E-state index contributed by atoms with van der Waals surface area (Å²) in [6.45, 7) is 10.6. The van der Waals surface area contributed by atoms with Crippen LogP contribution < -0.4 is 15.0 Å². The van der Waals surface area contributed by atoms with Crippen LogP contribution in [0.3, 0.4) is 0 Å². The van der Waals surface area contributed by atoms with E-state index in [9.17, 15) is 14.4 Å². The van der Waals surface area contributed by atoms with Gasteiger partial charge in [0.25, 0.3) is 0 Å². The molecular weight excluding hydrogens is 600 g/mol. The van der Waals surface area contributed by atoms with Gasteiger partial charge in [-0.1, -0.05) is 17.7 Å². The lowest BCUT2D eigenvalue weighted by atomic mass is 9.91. The molecule has 1 fully saturated rings. The number of nitrogens with one attached hydrogen (secondary N) is 1. The average Bonchev–Trinajstić information content (AvgIpc) is 3.54. The average molecular weight is 633 g/mol. The second-order valence-electron chi connectivity index (χ2n) is 13.1. The Hall–Kier alpha value is -4.71. The third kappa shape index (κ3) is 5.33. The van der Waals surface area contributed by atoms with E-state index in [1.165, 1.54) is 17.2 Å². The summed E-state index contributed by atoms with van der Waals surface area (Å²) in [5.74, 6) is 0.540. The van der Waals surface area contributed by atoms with Crippen molar-refractivity contribution in [1.82, 2.24) is 19.7 Å². The van der Waals surface area contributed by atoms with Gasteiger partial charge in [0, 0.05) is 11.3 Å². The number of anilines is 3. The maximum absolute atomic E-state index is 14.1. The molecule has 1 aliphatic carbocycles. The summed E-state index contributed by atoms with van der Waals surface area (Å²) < 4.78 is 17.9. The molecule has 1 aliphatic heterocycles. The van der Waals surface area contributed by atoms with Crippen LogP contribution in [0, 0.1) is 0 Å². The molecule has 12 nitrogen and oxygen atoms in total. The van der Waals surface area contributed by atoms with Crippen LogP contribution in [0.5, 0.6) is 5.75 Å². The van der Waals surface area contributed by atoms with Crippen LogP contribution in [-0.4, -0.2) is 56.2 Å². The molecule has 2 aromatic carbocycles.